The first-order valence-corrected chi connectivity index (χ1v) is 7.33. The van der Waals surface area contributed by atoms with Gasteiger partial charge >= 0.3 is 0 Å². The maximum Gasteiger partial charge on any atom is 0.0264 e. The molecule has 2 aromatic rings. The molecular formula is C19H25N. The topological polar surface area (TPSA) is 26.0 Å². The SMILES string of the molecule is CC(C)c1cccc(C(c2ccccc2)C(C)(C)N)c1. The number of hydrogen-bond acceptors (Lipinski definition) is 1. The van der Waals surface area contributed by atoms with Gasteiger partial charge in [0.1, 0.15) is 0 Å². The van der Waals surface area contributed by atoms with Crippen LogP contribution in [0.4, 0.5) is 0 Å². The first-order valence-electron chi connectivity index (χ1n) is 7.33. The van der Waals surface area contributed by atoms with Crippen molar-refractivity contribution in [3.63, 3.8) is 0 Å². The maximum atomic E-state index is 6.47. The lowest BCUT2D eigenvalue weighted by atomic mass is 9.77. The largest absolute Gasteiger partial charge is 0.325 e. The van der Waals surface area contributed by atoms with E-state index in [4.69, 9.17) is 5.73 Å². The molecule has 1 atom stereocenters. The van der Waals surface area contributed by atoms with Gasteiger partial charge in [0.05, 0.1) is 0 Å². The van der Waals surface area contributed by atoms with Gasteiger partial charge in [-0.2, -0.15) is 0 Å². The highest BCUT2D eigenvalue weighted by Crippen LogP contribution is 2.34. The molecule has 1 unspecified atom stereocenters. The Morgan fingerprint density at radius 1 is 0.800 bits per heavy atom. The Hall–Kier alpha value is -1.60. The number of hydrogen-bond donors (Lipinski definition) is 1. The molecule has 1 heteroatoms. The molecule has 0 bridgehead atoms. The molecule has 0 spiro atoms. The van der Waals surface area contributed by atoms with Crippen LogP contribution in [0.1, 0.15) is 56.2 Å². The fourth-order valence-corrected chi connectivity index (χ4v) is 2.79. The molecule has 0 saturated carbocycles. The molecule has 1 nitrogen and oxygen atoms in total. The molecule has 0 aliphatic heterocycles. The fraction of sp³-hybridized carbons (Fsp3) is 0.368. The molecule has 2 aromatic carbocycles. The monoisotopic (exact) mass is 267 g/mol. The minimum Gasteiger partial charge on any atom is -0.325 e. The van der Waals surface area contributed by atoms with Gasteiger partial charge in [-0.05, 0) is 36.5 Å². The number of nitrogens with two attached hydrogens (primary N) is 1. The Bertz CT molecular complexity index is 549. The highest BCUT2D eigenvalue weighted by molar-refractivity contribution is 5.38. The van der Waals surface area contributed by atoms with E-state index in [0.29, 0.717) is 5.92 Å². The van der Waals surface area contributed by atoms with Gasteiger partial charge in [-0.15, -0.1) is 0 Å². The van der Waals surface area contributed by atoms with E-state index < -0.39 is 0 Å². The molecule has 0 heterocycles. The third-order valence-electron chi connectivity index (χ3n) is 3.79. The summed E-state index contributed by atoms with van der Waals surface area (Å²) in [4.78, 5) is 0. The van der Waals surface area contributed by atoms with E-state index in [1.54, 1.807) is 0 Å². The minimum absolute atomic E-state index is 0.211. The predicted molar refractivity (Wildman–Crippen MR) is 87.1 cm³/mol. The van der Waals surface area contributed by atoms with E-state index >= 15 is 0 Å². The van der Waals surface area contributed by atoms with Gasteiger partial charge in [0.15, 0.2) is 0 Å². The summed E-state index contributed by atoms with van der Waals surface area (Å²) in [6.07, 6.45) is 0. The van der Waals surface area contributed by atoms with Gasteiger partial charge in [-0.25, -0.2) is 0 Å². The molecule has 0 aliphatic carbocycles. The summed E-state index contributed by atoms with van der Waals surface area (Å²) in [5.41, 5.74) is 10.1. The summed E-state index contributed by atoms with van der Waals surface area (Å²) in [5.74, 6) is 0.745. The lowest BCUT2D eigenvalue weighted by molar-refractivity contribution is 0.456. The van der Waals surface area contributed by atoms with Crippen LogP contribution < -0.4 is 5.73 Å². The standard InChI is InChI=1S/C19H25N/c1-14(2)16-11-8-12-17(13-16)18(19(3,4)20)15-9-6-5-7-10-15/h5-14,18H,20H2,1-4H3. The predicted octanol–water partition coefficient (Wildman–Crippen LogP) is 4.68. The summed E-state index contributed by atoms with van der Waals surface area (Å²) in [5, 5.41) is 0. The van der Waals surface area contributed by atoms with Crippen molar-refractivity contribution < 1.29 is 0 Å². The molecule has 20 heavy (non-hydrogen) atoms. The van der Waals surface area contributed by atoms with Gasteiger partial charge in [-0.3, -0.25) is 0 Å². The molecule has 0 fully saturated rings. The van der Waals surface area contributed by atoms with Crippen LogP contribution in [0.2, 0.25) is 0 Å². The van der Waals surface area contributed by atoms with Crippen LogP contribution in [-0.2, 0) is 0 Å². The molecule has 0 aromatic heterocycles. The van der Waals surface area contributed by atoms with Crippen LogP contribution in [-0.4, -0.2) is 5.54 Å². The van der Waals surface area contributed by atoms with E-state index in [9.17, 15) is 0 Å². The molecule has 0 aliphatic rings. The summed E-state index contributed by atoms with van der Waals surface area (Å²) in [7, 11) is 0. The van der Waals surface area contributed by atoms with E-state index in [2.05, 4.69) is 82.3 Å². The normalized spacial score (nSPS) is 13.5. The van der Waals surface area contributed by atoms with Gasteiger partial charge in [0, 0.05) is 11.5 Å². The van der Waals surface area contributed by atoms with Crippen molar-refractivity contribution in [2.45, 2.75) is 45.1 Å². The number of benzene rings is 2. The maximum absolute atomic E-state index is 6.47. The molecule has 2 rings (SSSR count). The molecule has 0 saturated heterocycles. The third-order valence-corrected chi connectivity index (χ3v) is 3.79. The minimum atomic E-state index is -0.295. The smallest absolute Gasteiger partial charge is 0.0264 e. The van der Waals surface area contributed by atoms with Crippen LogP contribution in [0.5, 0.6) is 0 Å². The van der Waals surface area contributed by atoms with Crippen molar-refractivity contribution in [1.82, 2.24) is 0 Å². The molecule has 2 N–H and O–H groups in total. The van der Waals surface area contributed by atoms with E-state index in [0.717, 1.165) is 0 Å². The van der Waals surface area contributed by atoms with E-state index in [-0.39, 0.29) is 11.5 Å². The van der Waals surface area contributed by atoms with Gasteiger partial charge in [0.2, 0.25) is 0 Å². The van der Waals surface area contributed by atoms with Crippen molar-refractivity contribution in [3.05, 3.63) is 71.3 Å². The Balaban J connectivity index is 2.51. The second kappa shape index (κ2) is 5.80. The lowest BCUT2D eigenvalue weighted by Gasteiger charge is -2.32. The van der Waals surface area contributed by atoms with Crippen molar-refractivity contribution in [3.8, 4) is 0 Å². The van der Waals surface area contributed by atoms with E-state index in [1.165, 1.54) is 16.7 Å². The zero-order valence-corrected chi connectivity index (χ0v) is 12.9. The quantitative estimate of drug-likeness (QED) is 0.855. The Kier molecular flexibility index (Phi) is 4.29. The second-order valence-corrected chi connectivity index (χ2v) is 6.49. The average Bonchev–Trinajstić information content (AvgIpc) is 2.39. The van der Waals surface area contributed by atoms with Crippen molar-refractivity contribution in [1.29, 1.82) is 0 Å². The first-order chi connectivity index (χ1) is 9.39. The summed E-state index contributed by atoms with van der Waals surface area (Å²) in [6.45, 7) is 8.66. The fourth-order valence-electron chi connectivity index (χ4n) is 2.79. The Morgan fingerprint density at radius 3 is 1.90 bits per heavy atom. The van der Waals surface area contributed by atoms with Gasteiger partial charge < -0.3 is 5.73 Å². The Morgan fingerprint density at radius 2 is 1.35 bits per heavy atom. The number of rotatable bonds is 4. The third kappa shape index (κ3) is 3.29. The molecular weight excluding hydrogens is 242 g/mol. The lowest BCUT2D eigenvalue weighted by Crippen LogP contribution is -2.39. The van der Waals surface area contributed by atoms with Crippen molar-refractivity contribution in [2.24, 2.45) is 5.73 Å². The van der Waals surface area contributed by atoms with Crippen LogP contribution in [0.15, 0.2) is 54.6 Å². The molecule has 0 radical (unpaired) electrons. The average molecular weight is 267 g/mol. The second-order valence-electron chi connectivity index (χ2n) is 6.49. The zero-order valence-electron chi connectivity index (χ0n) is 12.9. The van der Waals surface area contributed by atoms with Crippen molar-refractivity contribution in [2.75, 3.05) is 0 Å². The highest BCUT2D eigenvalue weighted by Gasteiger charge is 2.28. The van der Waals surface area contributed by atoms with Gasteiger partial charge in [-0.1, -0.05) is 68.4 Å². The Labute approximate surface area is 122 Å². The zero-order chi connectivity index (χ0) is 14.8. The van der Waals surface area contributed by atoms with Crippen LogP contribution >= 0.6 is 0 Å². The first kappa shape index (κ1) is 14.8. The molecule has 106 valence electrons. The van der Waals surface area contributed by atoms with Crippen LogP contribution in [0.3, 0.4) is 0 Å². The molecule has 0 amide bonds. The van der Waals surface area contributed by atoms with Crippen molar-refractivity contribution >= 4 is 0 Å². The van der Waals surface area contributed by atoms with Crippen LogP contribution in [0.25, 0.3) is 0 Å². The highest BCUT2D eigenvalue weighted by atomic mass is 14.7. The summed E-state index contributed by atoms with van der Waals surface area (Å²) < 4.78 is 0. The van der Waals surface area contributed by atoms with E-state index in [1.807, 2.05) is 0 Å². The summed E-state index contributed by atoms with van der Waals surface area (Å²) >= 11 is 0. The summed E-state index contributed by atoms with van der Waals surface area (Å²) in [6, 6.07) is 19.4. The van der Waals surface area contributed by atoms with Gasteiger partial charge in [0.25, 0.3) is 0 Å². The van der Waals surface area contributed by atoms with Crippen LogP contribution in [0, 0.1) is 0 Å².